The highest BCUT2D eigenvalue weighted by atomic mass is 32.2. The monoisotopic (exact) mass is 448 g/mol. The van der Waals surface area contributed by atoms with Crippen LogP contribution in [0.4, 0.5) is 5.69 Å². The van der Waals surface area contributed by atoms with Gasteiger partial charge in [-0.15, -0.1) is 0 Å². The van der Waals surface area contributed by atoms with Crippen molar-refractivity contribution in [3.05, 3.63) is 35.7 Å². The van der Waals surface area contributed by atoms with Crippen molar-refractivity contribution in [2.75, 3.05) is 18.4 Å². The van der Waals surface area contributed by atoms with E-state index in [0.717, 1.165) is 30.7 Å². The fraction of sp³-hybridized carbons (Fsp3) is 0.545. The number of sulfonamides is 1. The third kappa shape index (κ3) is 5.86. The van der Waals surface area contributed by atoms with Crippen LogP contribution in [-0.4, -0.2) is 47.6 Å². The first-order chi connectivity index (χ1) is 14.7. The zero-order valence-electron chi connectivity index (χ0n) is 18.7. The molecule has 2 aromatic rings. The smallest absolute Gasteiger partial charge is 0.243 e. The minimum Gasteiger partial charge on any atom is -0.489 e. The van der Waals surface area contributed by atoms with Crippen LogP contribution in [-0.2, 0) is 21.4 Å². The summed E-state index contributed by atoms with van der Waals surface area (Å²) in [4.78, 5) is 12.8. The Morgan fingerprint density at radius 1 is 1.16 bits per heavy atom. The Labute approximate surface area is 184 Å². The number of piperidine rings is 1. The number of amides is 1. The van der Waals surface area contributed by atoms with E-state index in [-0.39, 0.29) is 23.3 Å². The Bertz CT molecular complexity index is 1020. The maximum absolute atomic E-state index is 13.1. The van der Waals surface area contributed by atoms with E-state index in [9.17, 15) is 13.2 Å². The van der Waals surface area contributed by atoms with Gasteiger partial charge in [0.1, 0.15) is 5.75 Å². The third-order valence-electron chi connectivity index (χ3n) is 5.19. The van der Waals surface area contributed by atoms with Gasteiger partial charge in [0.15, 0.2) is 0 Å². The summed E-state index contributed by atoms with van der Waals surface area (Å²) in [6.45, 7) is 9.11. The fourth-order valence-electron chi connectivity index (χ4n) is 3.70. The van der Waals surface area contributed by atoms with Crippen molar-refractivity contribution in [3.8, 4) is 5.75 Å². The molecule has 170 valence electrons. The molecule has 0 saturated carbocycles. The molecule has 1 fully saturated rings. The summed E-state index contributed by atoms with van der Waals surface area (Å²) >= 11 is 0. The van der Waals surface area contributed by atoms with Crippen LogP contribution in [0.3, 0.4) is 0 Å². The van der Waals surface area contributed by atoms with E-state index in [1.54, 1.807) is 16.8 Å². The number of ether oxygens (including phenoxy) is 1. The molecule has 1 amide bonds. The van der Waals surface area contributed by atoms with E-state index in [0.29, 0.717) is 31.1 Å². The van der Waals surface area contributed by atoms with Crippen molar-refractivity contribution < 1.29 is 17.9 Å². The zero-order chi connectivity index (χ0) is 22.6. The predicted molar refractivity (Wildman–Crippen MR) is 120 cm³/mol. The topological polar surface area (TPSA) is 93.5 Å². The van der Waals surface area contributed by atoms with E-state index in [2.05, 4.69) is 10.4 Å². The largest absolute Gasteiger partial charge is 0.489 e. The summed E-state index contributed by atoms with van der Waals surface area (Å²) in [5.74, 6) is 0.223. The van der Waals surface area contributed by atoms with Gasteiger partial charge < -0.3 is 10.1 Å². The lowest BCUT2D eigenvalue weighted by Crippen LogP contribution is -2.35. The van der Waals surface area contributed by atoms with E-state index in [1.807, 2.05) is 33.8 Å². The fourth-order valence-corrected chi connectivity index (χ4v) is 5.24. The number of hydrogen-bond donors (Lipinski definition) is 1. The lowest BCUT2D eigenvalue weighted by Gasteiger charge is -2.26. The molecule has 1 aromatic carbocycles. The minimum atomic E-state index is -3.61. The van der Waals surface area contributed by atoms with Crippen LogP contribution >= 0.6 is 0 Å². The standard InChI is InChI=1S/C22H32N4O4S/c1-16(2)30-21-9-8-19(31(28,29)25-11-6-5-7-12-25)15-20(21)23-22(27)10-13-26-18(4)14-17(3)24-26/h8-9,14-16H,5-7,10-13H2,1-4H3,(H,23,27). The summed E-state index contributed by atoms with van der Waals surface area (Å²) in [5, 5.41) is 7.21. The molecule has 2 heterocycles. The lowest BCUT2D eigenvalue weighted by atomic mass is 10.2. The van der Waals surface area contributed by atoms with Gasteiger partial charge in [0, 0.05) is 31.7 Å². The Hall–Kier alpha value is -2.39. The number of benzene rings is 1. The summed E-state index contributed by atoms with van der Waals surface area (Å²) in [6, 6.07) is 6.63. The van der Waals surface area contributed by atoms with Crippen LogP contribution < -0.4 is 10.1 Å². The molecule has 0 aliphatic carbocycles. The SMILES string of the molecule is Cc1cc(C)n(CCC(=O)Nc2cc(S(=O)(=O)N3CCCCC3)ccc2OC(C)C)n1. The lowest BCUT2D eigenvalue weighted by molar-refractivity contribution is -0.116. The number of carbonyl (C=O) groups excluding carboxylic acids is 1. The molecule has 31 heavy (non-hydrogen) atoms. The molecular weight excluding hydrogens is 416 g/mol. The van der Waals surface area contributed by atoms with Crippen molar-refractivity contribution in [3.63, 3.8) is 0 Å². The van der Waals surface area contributed by atoms with Gasteiger partial charge in [0.25, 0.3) is 0 Å². The summed E-state index contributed by atoms with van der Waals surface area (Å²) in [5.41, 5.74) is 2.26. The number of aromatic nitrogens is 2. The maximum atomic E-state index is 13.1. The van der Waals surface area contributed by atoms with Gasteiger partial charge in [0.2, 0.25) is 15.9 Å². The zero-order valence-corrected chi connectivity index (χ0v) is 19.5. The number of rotatable bonds is 8. The normalized spacial score (nSPS) is 15.3. The number of hydrogen-bond acceptors (Lipinski definition) is 5. The second-order valence-corrected chi connectivity index (χ2v) is 10.2. The molecule has 3 rings (SSSR count). The molecule has 1 N–H and O–H groups in total. The maximum Gasteiger partial charge on any atom is 0.243 e. The van der Waals surface area contributed by atoms with Gasteiger partial charge in [-0.05, 0) is 64.8 Å². The number of anilines is 1. The molecule has 9 heteroatoms. The Kier molecular flexibility index (Phi) is 7.38. The molecule has 1 aliphatic rings. The van der Waals surface area contributed by atoms with Gasteiger partial charge in [-0.2, -0.15) is 9.40 Å². The molecular formula is C22H32N4O4S. The molecule has 0 radical (unpaired) electrons. The Morgan fingerprint density at radius 3 is 2.48 bits per heavy atom. The predicted octanol–water partition coefficient (Wildman–Crippen LogP) is 3.49. The first-order valence-corrected chi connectivity index (χ1v) is 12.2. The average Bonchev–Trinajstić information content (AvgIpc) is 3.05. The summed E-state index contributed by atoms with van der Waals surface area (Å²) in [7, 11) is -3.61. The second kappa shape index (κ2) is 9.82. The van der Waals surface area contributed by atoms with Crippen LogP contribution in [0, 0.1) is 13.8 Å². The number of nitrogens with zero attached hydrogens (tertiary/aromatic N) is 3. The Balaban J connectivity index is 1.79. The molecule has 0 atom stereocenters. The van der Waals surface area contributed by atoms with Gasteiger partial charge in [-0.1, -0.05) is 6.42 Å². The second-order valence-electron chi connectivity index (χ2n) is 8.24. The molecule has 1 saturated heterocycles. The summed E-state index contributed by atoms with van der Waals surface area (Å²) < 4.78 is 35.3. The van der Waals surface area contributed by atoms with Crippen LogP contribution in [0.2, 0.25) is 0 Å². The quantitative estimate of drug-likeness (QED) is 0.667. The molecule has 1 aliphatic heterocycles. The van der Waals surface area contributed by atoms with Crippen molar-refractivity contribution in [1.29, 1.82) is 0 Å². The van der Waals surface area contributed by atoms with E-state index in [4.69, 9.17) is 4.74 Å². The molecule has 8 nitrogen and oxygen atoms in total. The number of carbonyl (C=O) groups is 1. The third-order valence-corrected chi connectivity index (χ3v) is 7.09. The van der Waals surface area contributed by atoms with E-state index in [1.165, 1.54) is 10.4 Å². The van der Waals surface area contributed by atoms with Gasteiger partial charge in [0.05, 0.1) is 22.4 Å². The van der Waals surface area contributed by atoms with E-state index >= 15 is 0 Å². The Morgan fingerprint density at radius 2 is 1.87 bits per heavy atom. The molecule has 0 spiro atoms. The summed E-state index contributed by atoms with van der Waals surface area (Å²) in [6.07, 6.45) is 2.87. The number of aryl methyl sites for hydroxylation is 3. The van der Waals surface area contributed by atoms with Crippen molar-refractivity contribution in [1.82, 2.24) is 14.1 Å². The minimum absolute atomic E-state index is 0.116. The van der Waals surface area contributed by atoms with Crippen LogP contribution in [0.25, 0.3) is 0 Å². The first-order valence-electron chi connectivity index (χ1n) is 10.8. The van der Waals surface area contributed by atoms with Crippen molar-refractivity contribution in [2.24, 2.45) is 0 Å². The van der Waals surface area contributed by atoms with Crippen molar-refractivity contribution >= 4 is 21.6 Å². The van der Waals surface area contributed by atoms with Gasteiger partial charge >= 0.3 is 0 Å². The van der Waals surface area contributed by atoms with Gasteiger partial charge in [-0.3, -0.25) is 9.48 Å². The highest BCUT2D eigenvalue weighted by Gasteiger charge is 2.27. The first kappa shape index (κ1) is 23.3. The molecule has 0 unspecified atom stereocenters. The van der Waals surface area contributed by atoms with Gasteiger partial charge in [-0.25, -0.2) is 8.42 Å². The average molecular weight is 449 g/mol. The number of nitrogens with one attached hydrogen (secondary N) is 1. The van der Waals surface area contributed by atoms with Crippen LogP contribution in [0.15, 0.2) is 29.2 Å². The van der Waals surface area contributed by atoms with E-state index < -0.39 is 10.0 Å². The molecule has 1 aromatic heterocycles. The highest BCUT2D eigenvalue weighted by Crippen LogP contribution is 2.31. The van der Waals surface area contributed by atoms with Crippen LogP contribution in [0.5, 0.6) is 5.75 Å². The molecule has 0 bridgehead atoms. The van der Waals surface area contributed by atoms with Crippen molar-refractivity contribution in [2.45, 2.75) is 70.9 Å². The van der Waals surface area contributed by atoms with Crippen LogP contribution in [0.1, 0.15) is 50.9 Å². The highest BCUT2D eigenvalue weighted by molar-refractivity contribution is 7.89.